The Morgan fingerprint density at radius 2 is 2.15 bits per heavy atom. The van der Waals surface area contributed by atoms with Crippen LogP contribution in [0, 0.1) is 5.82 Å². The molecule has 0 spiro atoms. The molecule has 39 heavy (non-hydrogen) atoms. The van der Waals surface area contributed by atoms with E-state index in [1.165, 1.54) is 23.0 Å². The van der Waals surface area contributed by atoms with Gasteiger partial charge >= 0.3 is 0 Å². The van der Waals surface area contributed by atoms with Crippen LogP contribution in [0.25, 0.3) is 0 Å². The van der Waals surface area contributed by atoms with Crippen LogP contribution < -0.4 is 10.5 Å². The minimum absolute atomic E-state index is 0.109. The van der Waals surface area contributed by atoms with Gasteiger partial charge in [-0.1, -0.05) is 27.3 Å². The maximum absolute atomic E-state index is 14.0. The minimum Gasteiger partial charge on any atom is -0.591 e. The SMILES string of the molecule is CC(C)(C)[S+]([O-])/N=C\c1cc(F)ccc1Cn1nnc2c1CCN(c1cnn(C3CCCCO3)c(=O)c1Cl)C2. The molecule has 1 saturated heterocycles. The van der Waals surface area contributed by atoms with Gasteiger partial charge in [0.2, 0.25) is 0 Å². The molecule has 10 nitrogen and oxygen atoms in total. The molecule has 4 heterocycles. The largest absolute Gasteiger partial charge is 0.591 e. The average molecular weight is 576 g/mol. The summed E-state index contributed by atoms with van der Waals surface area (Å²) in [5, 5.41) is 13.2. The first-order chi connectivity index (χ1) is 18.6. The fourth-order valence-electron chi connectivity index (χ4n) is 4.63. The quantitative estimate of drug-likeness (QED) is 0.324. The Bertz CT molecular complexity index is 1430. The number of hydrogen-bond donors (Lipinski definition) is 0. The van der Waals surface area contributed by atoms with E-state index in [9.17, 15) is 13.7 Å². The van der Waals surface area contributed by atoms with E-state index >= 15 is 0 Å². The van der Waals surface area contributed by atoms with Gasteiger partial charge < -0.3 is 14.2 Å². The topological polar surface area (TPSA) is 113 Å². The maximum Gasteiger partial charge on any atom is 0.290 e. The summed E-state index contributed by atoms with van der Waals surface area (Å²) in [7, 11) is 0. The molecule has 1 fully saturated rings. The first-order valence-corrected chi connectivity index (χ1v) is 14.4. The predicted molar refractivity (Wildman–Crippen MR) is 148 cm³/mol. The molecule has 0 N–H and O–H groups in total. The van der Waals surface area contributed by atoms with E-state index in [0.717, 1.165) is 36.2 Å². The second-order valence-electron chi connectivity index (χ2n) is 10.7. The summed E-state index contributed by atoms with van der Waals surface area (Å²) in [4.78, 5) is 14.9. The smallest absolute Gasteiger partial charge is 0.290 e. The number of halogens is 2. The van der Waals surface area contributed by atoms with E-state index in [1.807, 2.05) is 25.7 Å². The van der Waals surface area contributed by atoms with Gasteiger partial charge in [-0.15, -0.1) is 5.10 Å². The van der Waals surface area contributed by atoms with Crippen LogP contribution in [0.1, 0.15) is 68.8 Å². The standard InChI is InChI=1S/C26H31ClFN7O3S/c1-26(2,3)39(37)30-13-18-12-19(28)8-7-17(18)15-34-21-9-10-33(16-20(21)31-32-34)22-14-29-35(25(36)24(22)27)23-6-4-5-11-38-23/h7-8,12-14,23H,4-6,9-11,15-16H2,1-3H3/b30-13-. The molecule has 13 heteroatoms. The van der Waals surface area contributed by atoms with E-state index in [2.05, 4.69) is 19.8 Å². The molecule has 2 aromatic heterocycles. The molecule has 0 radical (unpaired) electrons. The molecule has 2 atom stereocenters. The van der Waals surface area contributed by atoms with Crippen molar-refractivity contribution in [1.29, 1.82) is 0 Å². The Labute approximate surface area is 234 Å². The normalized spacial score (nSPS) is 18.9. The Morgan fingerprint density at radius 1 is 1.33 bits per heavy atom. The first-order valence-electron chi connectivity index (χ1n) is 12.9. The molecular formula is C26H31ClFN7O3S. The van der Waals surface area contributed by atoms with E-state index in [0.29, 0.717) is 43.9 Å². The molecule has 0 bridgehead atoms. The van der Waals surface area contributed by atoms with E-state index in [4.69, 9.17) is 16.3 Å². The number of fused-ring (bicyclic) bond motifs is 1. The molecule has 0 amide bonds. The third kappa shape index (κ3) is 6.03. The Hall–Kier alpha value is -2.80. The van der Waals surface area contributed by atoms with Gasteiger partial charge in [0.05, 0.1) is 36.9 Å². The number of aromatic nitrogens is 5. The van der Waals surface area contributed by atoms with Gasteiger partial charge in [0.25, 0.3) is 5.56 Å². The molecule has 0 saturated carbocycles. The second kappa shape index (κ2) is 11.4. The lowest BCUT2D eigenvalue weighted by atomic mass is 10.1. The monoisotopic (exact) mass is 575 g/mol. The molecule has 2 aliphatic heterocycles. The zero-order valence-electron chi connectivity index (χ0n) is 22.1. The Morgan fingerprint density at radius 3 is 2.90 bits per heavy atom. The second-order valence-corrected chi connectivity index (χ2v) is 13.0. The van der Waals surface area contributed by atoms with Crippen LogP contribution >= 0.6 is 11.6 Å². The van der Waals surface area contributed by atoms with Crippen LogP contribution in [0.2, 0.25) is 5.02 Å². The van der Waals surface area contributed by atoms with Gasteiger partial charge in [-0.2, -0.15) is 9.78 Å². The van der Waals surface area contributed by atoms with Crippen molar-refractivity contribution in [1.82, 2.24) is 24.8 Å². The average Bonchev–Trinajstić information content (AvgIpc) is 3.31. The van der Waals surface area contributed by atoms with E-state index in [1.54, 1.807) is 16.9 Å². The van der Waals surface area contributed by atoms with Gasteiger partial charge in [0, 0.05) is 25.1 Å². The lowest BCUT2D eigenvalue weighted by Gasteiger charge is -2.29. The molecule has 3 aromatic rings. The highest BCUT2D eigenvalue weighted by Crippen LogP contribution is 2.29. The van der Waals surface area contributed by atoms with Crippen molar-refractivity contribution < 1.29 is 13.7 Å². The molecule has 208 valence electrons. The summed E-state index contributed by atoms with van der Waals surface area (Å²) < 4.78 is 38.9. The summed E-state index contributed by atoms with van der Waals surface area (Å²) in [5.74, 6) is -0.402. The van der Waals surface area contributed by atoms with Gasteiger partial charge in [0.1, 0.15) is 32.6 Å². The lowest BCUT2D eigenvalue weighted by molar-refractivity contribution is -0.0424. The fourth-order valence-corrected chi connectivity index (χ4v) is 5.41. The number of nitrogens with zero attached hydrogens (tertiary/aromatic N) is 7. The Kier molecular flexibility index (Phi) is 8.08. The van der Waals surface area contributed by atoms with Gasteiger partial charge in [0.15, 0.2) is 6.23 Å². The molecule has 0 aliphatic carbocycles. The number of ether oxygens (including phenoxy) is 1. The number of benzene rings is 1. The van der Waals surface area contributed by atoms with Crippen LogP contribution in [-0.2, 0) is 35.6 Å². The van der Waals surface area contributed by atoms with Crippen molar-refractivity contribution in [2.75, 3.05) is 18.1 Å². The summed E-state index contributed by atoms with van der Waals surface area (Å²) in [6, 6.07) is 4.43. The van der Waals surface area contributed by atoms with Crippen molar-refractivity contribution in [2.24, 2.45) is 4.40 Å². The fraction of sp³-hybridized carbons (Fsp3) is 0.500. The molecular weight excluding hydrogens is 545 g/mol. The van der Waals surface area contributed by atoms with Crippen LogP contribution in [0.5, 0.6) is 0 Å². The van der Waals surface area contributed by atoms with Gasteiger partial charge in [-0.05, 0) is 57.7 Å². The molecule has 2 unspecified atom stereocenters. The van der Waals surface area contributed by atoms with Crippen LogP contribution in [-0.4, -0.2) is 53.4 Å². The van der Waals surface area contributed by atoms with Crippen molar-refractivity contribution in [3.63, 3.8) is 0 Å². The highest BCUT2D eigenvalue weighted by Gasteiger charge is 2.28. The van der Waals surface area contributed by atoms with Crippen LogP contribution in [0.3, 0.4) is 0 Å². The van der Waals surface area contributed by atoms with Crippen LogP contribution in [0.15, 0.2) is 33.6 Å². The van der Waals surface area contributed by atoms with Crippen molar-refractivity contribution in [3.8, 4) is 0 Å². The van der Waals surface area contributed by atoms with Gasteiger partial charge in [-0.3, -0.25) is 4.79 Å². The van der Waals surface area contributed by atoms with Crippen molar-refractivity contribution in [3.05, 3.63) is 68.1 Å². The number of anilines is 1. The molecule has 2 aliphatic rings. The minimum atomic E-state index is -1.46. The highest BCUT2D eigenvalue weighted by molar-refractivity contribution is 7.91. The maximum atomic E-state index is 14.0. The number of hydrogen-bond acceptors (Lipinski definition) is 8. The van der Waals surface area contributed by atoms with E-state index < -0.39 is 21.9 Å². The van der Waals surface area contributed by atoms with Gasteiger partial charge in [-0.25, -0.2) is 9.07 Å². The summed E-state index contributed by atoms with van der Waals surface area (Å²) in [6.07, 6.45) is 5.98. The number of rotatable bonds is 6. The van der Waals surface area contributed by atoms with Crippen LogP contribution in [0.4, 0.5) is 10.1 Å². The van der Waals surface area contributed by atoms with Crippen molar-refractivity contribution >= 4 is 34.9 Å². The Balaban J connectivity index is 1.34. The summed E-state index contributed by atoms with van der Waals surface area (Å²) >= 11 is 5.06. The zero-order valence-corrected chi connectivity index (χ0v) is 23.7. The lowest BCUT2D eigenvalue weighted by Crippen LogP contribution is -2.36. The molecule has 5 rings (SSSR count). The van der Waals surface area contributed by atoms with Crippen molar-refractivity contribution in [2.45, 2.75) is 70.5 Å². The molecule has 1 aromatic carbocycles. The zero-order chi connectivity index (χ0) is 27.7. The first kappa shape index (κ1) is 27.8. The summed E-state index contributed by atoms with van der Waals surface area (Å²) in [5.41, 5.74) is 3.22. The highest BCUT2D eigenvalue weighted by atomic mass is 35.5. The summed E-state index contributed by atoms with van der Waals surface area (Å²) in [6.45, 7) is 7.46. The van der Waals surface area contributed by atoms with E-state index in [-0.39, 0.29) is 16.8 Å². The third-order valence-corrected chi connectivity index (χ3v) is 8.51. The third-order valence-electron chi connectivity index (χ3n) is 6.81. The predicted octanol–water partition coefficient (Wildman–Crippen LogP) is 3.82.